The molecule has 0 saturated heterocycles. The third-order valence-corrected chi connectivity index (χ3v) is 2.62. The second-order valence-corrected chi connectivity index (χ2v) is 4.10. The molecule has 2 aromatic rings. The molecule has 0 aliphatic heterocycles. The van der Waals surface area contributed by atoms with Crippen LogP contribution >= 0.6 is 0 Å². The van der Waals surface area contributed by atoms with Crippen LogP contribution in [-0.4, -0.2) is 33.9 Å². The third-order valence-electron chi connectivity index (χ3n) is 2.62. The number of benzene rings is 1. The summed E-state index contributed by atoms with van der Waals surface area (Å²) in [6.45, 7) is 2.71. The molecule has 0 aliphatic carbocycles. The van der Waals surface area contributed by atoms with E-state index in [1.54, 1.807) is 6.92 Å². The first kappa shape index (κ1) is 14.5. The highest BCUT2D eigenvalue weighted by Gasteiger charge is 2.17. The number of nitrogen functional groups attached to an aromatic ring is 1. The molecular weight excluding hydrogens is 272 g/mol. The molecule has 1 amide bonds. The second kappa shape index (κ2) is 7.04. The van der Waals surface area contributed by atoms with E-state index in [1.165, 1.54) is 4.68 Å². The number of nitrogens with zero attached hydrogens (tertiary/aromatic N) is 4. The average Bonchev–Trinajstić information content (AvgIpc) is 2.86. The number of hydrazone groups is 1. The summed E-state index contributed by atoms with van der Waals surface area (Å²) in [6.07, 6.45) is 1.14. The number of carbonyl (C=O) groups excluding carboxylic acids is 1. The SMILES string of the molecule is CCO/C=N/NC(=O)c1nnn(Cc2ccccc2)c1N. The van der Waals surface area contributed by atoms with Crippen molar-refractivity contribution in [2.75, 3.05) is 12.3 Å². The fourth-order valence-corrected chi connectivity index (χ4v) is 1.60. The minimum atomic E-state index is -0.539. The predicted octanol–water partition coefficient (Wildman–Crippen LogP) is 0.618. The Hall–Kier alpha value is -2.90. The number of hydrogen-bond acceptors (Lipinski definition) is 6. The van der Waals surface area contributed by atoms with Gasteiger partial charge < -0.3 is 10.5 Å². The summed E-state index contributed by atoms with van der Waals surface area (Å²) < 4.78 is 6.31. The monoisotopic (exact) mass is 288 g/mol. The van der Waals surface area contributed by atoms with E-state index in [9.17, 15) is 4.79 Å². The summed E-state index contributed by atoms with van der Waals surface area (Å²) in [5.74, 6) is -0.356. The van der Waals surface area contributed by atoms with Gasteiger partial charge in [0.2, 0.25) is 0 Å². The summed E-state index contributed by atoms with van der Waals surface area (Å²) in [5, 5.41) is 11.2. The van der Waals surface area contributed by atoms with Crippen LogP contribution in [0.1, 0.15) is 23.0 Å². The van der Waals surface area contributed by atoms with E-state index in [2.05, 4.69) is 20.8 Å². The van der Waals surface area contributed by atoms with E-state index in [0.29, 0.717) is 13.2 Å². The number of ether oxygens (including phenoxy) is 1. The van der Waals surface area contributed by atoms with Gasteiger partial charge in [0.25, 0.3) is 5.91 Å². The molecule has 0 fully saturated rings. The van der Waals surface area contributed by atoms with Crippen LogP contribution in [0.4, 0.5) is 5.82 Å². The van der Waals surface area contributed by atoms with Gasteiger partial charge in [-0.3, -0.25) is 4.79 Å². The highest BCUT2D eigenvalue weighted by atomic mass is 16.5. The van der Waals surface area contributed by atoms with E-state index in [1.807, 2.05) is 30.3 Å². The molecule has 0 aliphatic rings. The van der Waals surface area contributed by atoms with E-state index in [0.717, 1.165) is 12.0 Å². The van der Waals surface area contributed by atoms with Crippen molar-refractivity contribution in [2.45, 2.75) is 13.5 Å². The smallest absolute Gasteiger partial charge is 0.295 e. The summed E-state index contributed by atoms with van der Waals surface area (Å²) in [4.78, 5) is 11.8. The molecule has 1 aromatic heterocycles. The topological polar surface area (TPSA) is 107 Å². The van der Waals surface area contributed by atoms with E-state index >= 15 is 0 Å². The van der Waals surface area contributed by atoms with Crippen LogP contribution in [0, 0.1) is 0 Å². The summed E-state index contributed by atoms with van der Waals surface area (Å²) >= 11 is 0. The van der Waals surface area contributed by atoms with Gasteiger partial charge >= 0.3 is 0 Å². The van der Waals surface area contributed by atoms with Crippen molar-refractivity contribution in [1.29, 1.82) is 0 Å². The molecule has 0 radical (unpaired) electrons. The normalized spacial score (nSPS) is 10.7. The van der Waals surface area contributed by atoms with Crippen LogP contribution in [0.5, 0.6) is 0 Å². The lowest BCUT2D eigenvalue weighted by Gasteiger charge is -2.03. The second-order valence-electron chi connectivity index (χ2n) is 4.10. The van der Waals surface area contributed by atoms with Gasteiger partial charge in [0, 0.05) is 0 Å². The summed E-state index contributed by atoms with van der Waals surface area (Å²) in [6, 6.07) is 9.63. The van der Waals surface area contributed by atoms with Crippen molar-refractivity contribution < 1.29 is 9.53 Å². The molecule has 0 spiro atoms. The van der Waals surface area contributed by atoms with Gasteiger partial charge in [0.05, 0.1) is 13.2 Å². The Balaban J connectivity index is 2.04. The van der Waals surface area contributed by atoms with Gasteiger partial charge in [-0.2, -0.15) is 0 Å². The number of hydrogen-bond donors (Lipinski definition) is 2. The largest absolute Gasteiger partial charge is 0.482 e. The third kappa shape index (κ3) is 3.78. The molecule has 8 nitrogen and oxygen atoms in total. The Morgan fingerprint density at radius 2 is 2.24 bits per heavy atom. The molecule has 0 atom stereocenters. The van der Waals surface area contributed by atoms with Gasteiger partial charge in [-0.05, 0) is 12.5 Å². The van der Waals surface area contributed by atoms with Crippen LogP contribution in [0.25, 0.3) is 0 Å². The standard InChI is InChI=1S/C13H16N6O2/c1-2-21-9-15-17-13(20)11-12(14)19(18-16-11)8-10-6-4-3-5-7-10/h3-7,9H,2,8,14H2,1H3,(H,17,20)/b15-9+. The maximum absolute atomic E-state index is 11.8. The maximum Gasteiger partial charge on any atom is 0.295 e. The van der Waals surface area contributed by atoms with Crippen LogP contribution in [0.15, 0.2) is 35.4 Å². The number of carbonyl (C=O) groups is 1. The van der Waals surface area contributed by atoms with Gasteiger partial charge in [-0.15, -0.1) is 10.2 Å². The Morgan fingerprint density at radius 1 is 1.48 bits per heavy atom. The molecule has 110 valence electrons. The van der Waals surface area contributed by atoms with Crippen LogP contribution in [-0.2, 0) is 11.3 Å². The van der Waals surface area contributed by atoms with Crippen LogP contribution in [0.3, 0.4) is 0 Å². The van der Waals surface area contributed by atoms with Crippen molar-refractivity contribution in [3.63, 3.8) is 0 Å². The zero-order chi connectivity index (χ0) is 15.1. The van der Waals surface area contributed by atoms with Gasteiger partial charge in [0.15, 0.2) is 17.9 Å². The number of nitrogens with one attached hydrogen (secondary N) is 1. The minimum absolute atomic E-state index is 0.0274. The lowest BCUT2D eigenvalue weighted by Crippen LogP contribution is -2.20. The van der Waals surface area contributed by atoms with E-state index in [-0.39, 0.29) is 11.5 Å². The Labute approximate surface area is 121 Å². The molecule has 1 heterocycles. The predicted molar refractivity (Wildman–Crippen MR) is 77.6 cm³/mol. The molecule has 1 aromatic carbocycles. The van der Waals surface area contributed by atoms with Crippen molar-refractivity contribution >= 4 is 18.1 Å². The fourth-order valence-electron chi connectivity index (χ4n) is 1.60. The molecule has 3 N–H and O–H groups in total. The number of aromatic nitrogens is 3. The van der Waals surface area contributed by atoms with E-state index in [4.69, 9.17) is 10.5 Å². The van der Waals surface area contributed by atoms with Crippen molar-refractivity contribution in [3.8, 4) is 0 Å². The highest BCUT2D eigenvalue weighted by Crippen LogP contribution is 2.10. The van der Waals surface area contributed by atoms with Gasteiger partial charge in [-0.1, -0.05) is 35.5 Å². The highest BCUT2D eigenvalue weighted by molar-refractivity contribution is 5.96. The Bertz CT molecular complexity index is 623. The Morgan fingerprint density at radius 3 is 2.95 bits per heavy atom. The summed E-state index contributed by atoms with van der Waals surface area (Å²) in [5.41, 5.74) is 9.17. The molecule has 0 saturated carbocycles. The van der Waals surface area contributed by atoms with Gasteiger partial charge in [0.1, 0.15) is 0 Å². The molecule has 21 heavy (non-hydrogen) atoms. The van der Waals surface area contributed by atoms with Crippen LogP contribution in [0.2, 0.25) is 0 Å². The molecule has 8 heteroatoms. The Kier molecular flexibility index (Phi) is 4.86. The number of rotatable bonds is 6. The number of nitrogens with two attached hydrogens (primary N) is 1. The van der Waals surface area contributed by atoms with E-state index < -0.39 is 5.91 Å². The first-order valence-corrected chi connectivity index (χ1v) is 6.38. The quantitative estimate of drug-likeness (QED) is 0.460. The molecule has 2 rings (SSSR count). The molecule has 0 bridgehead atoms. The zero-order valence-corrected chi connectivity index (χ0v) is 11.6. The lowest BCUT2D eigenvalue weighted by atomic mass is 10.2. The van der Waals surface area contributed by atoms with Crippen molar-refractivity contribution in [2.24, 2.45) is 5.10 Å². The fraction of sp³-hybridized carbons (Fsp3) is 0.231. The average molecular weight is 288 g/mol. The first-order chi connectivity index (χ1) is 10.2. The minimum Gasteiger partial charge on any atom is -0.482 e. The lowest BCUT2D eigenvalue weighted by molar-refractivity contribution is 0.0949. The van der Waals surface area contributed by atoms with Crippen molar-refractivity contribution in [3.05, 3.63) is 41.6 Å². The molecule has 0 unspecified atom stereocenters. The van der Waals surface area contributed by atoms with Gasteiger partial charge in [-0.25, -0.2) is 10.1 Å². The number of amides is 1. The van der Waals surface area contributed by atoms with Crippen molar-refractivity contribution in [1.82, 2.24) is 20.4 Å². The number of anilines is 1. The zero-order valence-electron chi connectivity index (χ0n) is 11.6. The summed E-state index contributed by atoms with van der Waals surface area (Å²) in [7, 11) is 0. The molecular formula is C13H16N6O2. The van der Waals surface area contributed by atoms with Crippen LogP contribution < -0.4 is 11.2 Å². The first-order valence-electron chi connectivity index (χ1n) is 6.38. The maximum atomic E-state index is 11.8.